The van der Waals surface area contributed by atoms with Crippen molar-refractivity contribution in [2.75, 3.05) is 6.61 Å². The Morgan fingerprint density at radius 1 is 0.714 bits per heavy atom. The number of carbonyl (C=O) groups is 2. The summed E-state index contributed by atoms with van der Waals surface area (Å²) in [6, 6.07) is 44.0. The molecular formula is C41H31N5O3. The van der Waals surface area contributed by atoms with E-state index in [-0.39, 0.29) is 18.8 Å². The van der Waals surface area contributed by atoms with E-state index in [4.69, 9.17) is 4.74 Å². The molecule has 1 amide bonds. The largest absolute Gasteiger partial charge is 0.466 e. The van der Waals surface area contributed by atoms with E-state index in [2.05, 4.69) is 24.3 Å². The summed E-state index contributed by atoms with van der Waals surface area (Å²) >= 11 is 0. The summed E-state index contributed by atoms with van der Waals surface area (Å²) in [5, 5.41) is 44.5. The summed E-state index contributed by atoms with van der Waals surface area (Å²) in [5.41, 5.74) is -4.22. The molecule has 2 aliphatic rings. The molecule has 6 rings (SSSR count). The molecule has 0 radical (unpaired) electrons. The van der Waals surface area contributed by atoms with Gasteiger partial charge in [0.1, 0.15) is 5.41 Å². The lowest BCUT2D eigenvalue weighted by Crippen LogP contribution is -2.67. The van der Waals surface area contributed by atoms with Gasteiger partial charge in [-0.05, 0) is 29.2 Å². The van der Waals surface area contributed by atoms with E-state index in [1.54, 1.807) is 104 Å². The maximum Gasteiger partial charge on any atom is 0.311 e. The van der Waals surface area contributed by atoms with E-state index in [9.17, 15) is 25.8 Å². The van der Waals surface area contributed by atoms with Crippen molar-refractivity contribution < 1.29 is 14.3 Å². The number of allylic oxidation sites excluding steroid dienone is 2. The number of ether oxygens (including phenoxy) is 1. The van der Waals surface area contributed by atoms with Crippen LogP contribution in [0, 0.1) is 68.0 Å². The molecular weight excluding hydrogens is 610 g/mol. The normalized spacial score (nSPS) is 21.3. The number of nitriles is 4. The molecule has 4 aromatic carbocycles. The van der Waals surface area contributed by atoms with E-state index in [1.807, 2.05) is 30.3 Å². The van der Waals surface area contributed by atoms with Gasteiger partial charge in [-0.3, -0.25) is 9.59 Å². The number of likely N-dealkylation sites (tertiary alicyclic amines) is 1. The highest BCUT2D eigenvalue weighted by atomic mass is 16.5. The van der Waals surface area contributed by atoms with Gasteiger partial charge in [0, 0.05) is 17.5 Å². The summed E-state index contributed by atoms with van der Waals surface area (Å²) in [6.07, 6.45) is 1.65. The van der Waals surface area contributed by atoms with Crippen LogP contribution in [0.4, 0.5) is 0 Å². The molecule has 1 heterocycles. The number of benzene rings is 4. The Balaban J connectivity index is 1.82. The number of carbonyl (C=O) groups excluding carboxylic acids is 2. The maximum atomic E-state index is 15.7. The summed E-state index contributed by atoms with van der Waals surface area (Å²) < 4.78 is 5.74. The Morgan fingerprint density at radius 2 is 1.18 bits per heavy atom. The SMILES string of the molecule is CCOC(=O)[C@H]1[C@H]2C(=C[C@@H](c3ccccc3)C(C#N)(C#N)C2(C#N)C#N)N(Cc2ccccc2)C(=O)C1(c1ccccc1)c1ccccc1. The highest BCUT2D eigenvalue weighted by Gasteiger charge is 2.74. The molecule has 8 heteroatoms. The van der Waals surface area contributed by atoms with Crippen molar-refractivity contribution in [3.63, 3.8) is 0 Å². The monoisotopic (exact) mass is 641 g/mol. The molecule has 1 fully saturated rings. The summed E-state index contributed by atoms with van der Waals surface area (Å²) in [7, 11) is 0. The molecule has 0 aromatic heterocycles. The van der Waals surface area contributed by atoms with Crippen LogP contribution >= 0.6 is 0 Å². The molecule has 0 unspecified atom stereocenters. The summed E-state index contributed by atoms with van der Waals surface area (Å²) in [5.74, 6) is -5.38. The molecule has 1 saturated heterocycles. The third kappa shape index (κ3) is 4.70. The third-order valence-corrected chi connectivity index (χ3v) is 9.95. The standard InChI is InChI=1S/C41H31N5O3/c1-2-49-37(47)36-35-34(23-33(30-17-9-4-10-18-30)39(25-42,26-43)40(35,27-44)28-45)46(24-29-15-7-3-8-16-29)38(48)41(36,31-19-11-5-12-20-31)32-21-13-6-14-22-32/h3-23,33,35-36H,2,24H2,1H3/t33-,35+,36+/m0/s1. The topological polar surface area (TPSA) is 142 Å². The van der Waals surface area contributed by atoms with Gasteiger partial charge in [0.15, 0.2) is 10.8 Å². The lowest BCUT2D eigenvalue weighted by molar-refractivity contribution is -0.165. The molecule has 0 bridgehead atoms. The van der Waals surface area contributed by atoms with Crippen LogP contribution < -0.4 is 0 Å². The molecule has 49 heavy (non-hydrogen) atoms. The van der Waals surface area contributed by atoms with Crippen molar-refractivity contribution in [3.05, 3.63) is 155 Å². The first-order valence-electron chi connectivity index (χ1n) is 15.9. The Hall–Kier alpha value is -6.48. The Morgan fingerprint density at radius 3 is 1.65 bits per heavy atom. The van der Waals surface area contributed by atoms with Crippen LogP contribution in [0.25, 0.3) is 0 Å². The van der Waals surface area contributed by atoms with E-state index >= 15 is 4.79 Å². The predicted molar refractivity (Wildman–Crippen MR) is 179 cm³/mol. The molecule has 4 aromatic rings. The van der Waals surface area contributed by atoms with Gasteiger partial charge in [-0.15, -0.1) is 0 Å². The molecule has 3 atom stereocenters. The molecule has 8 nitrogen and oxygen atoms in total. The van der Waals surface area contributed by atoms with Gasteiger partial charge >= 0.3 is 5.97 Å². The third-order valence-electron chi connectivity index (χ3n) is 9.95. The highest BCUT2D eigenvalue weighted by molar-refractivity contribution is 6.00. The molecule has 0 N–H and O–H groups in total. The van der Waals surface area contributed by atoms with Crippen molar-refractivity contribution in [3.8, 4) is 24.3 Å². The van der Waals surface area contributed by atoms with Gasteiger partial charge in [-0.2, -0.15) is 21.0 Å². The average molecular weight is 642 g/mol. The number of nitrogens with zero attached hydrogens (tertiary/aromatic N) is 5. The van der Waals surface area contributed by atoms with Crippen LogP contribution in [0.1, 0.15) is 35.1 Å². The number of hydrogen-bond donors (Lipinski definition) is 0. The minimum atomic E-state index is -2.46. The predicted octanol–water partition coefficient (Wildman–Crippen LogP) is 6.56. The molecule has 1 aliphatic carbocycles. The van der Waals surface area contributed by atoms with E-state index in [0.29, 0.717) is 16.7 Å². The molecule has 1 aliphatic heterocycles. The van der Waals surface area contributed by atoms with Crippen molar-refractivity contribution in [1.82, 2.24) is 4.90 Å². The second-order valence-electron chi connectivity index (χ2n) is 12.2. The maximum absolute atomic E-state index is 15.7. The van der Waals surface area contributed by atoms with Crippen molar-refractivity contribution in [2.45, 2.75) is 24.8 Å². The van der Waals surface area contributed by atoms with Crippen molar-refractivity contribution in [2.24, 2.45) is 22.7 Å². The van der Waals surface area contributed by atoms with Crippen LogP contribution in [0.15, 0.2) is 133 Å². The first-order chi connectivity index (χ1) is 23.9. The van der Waals surface area contributed by atoms with E-state index in [1.165, 1.54) is 4.90 Å². The van der Waals surface area contributed by atoms with Crippen molar-refractivity contribution >= 4 is 11.9 Å². The number of hydrogen-bond acceptors (Lipinski definition) is 7. The van der Waals surface area contributed by atoms with Gasteiger partial charge in [0.05, 0.1) is 43.3 Å². The fourth-order valence-corrected chi connectivity index (χ4v) is 7.84. The van der Waals surface area contributed by atoms with E-state index < -0.39 is 45.9 Å². The summed E-state index contributed by atoms with van der Waals surface area (Å²) in [4.78, 5) is 32.0. The molecule has 0 spiro atoms. The fraction of sp³-hybridized carbons (Fsp3) is 0.220. The number of piperidine rings is 1. The molecule has 238 valence electrons. The average Bonchev–Trinajstić information content (AvgIpc) is 3.16. The fourth-order valence-electron chi connectivity index (χ4n) is 7.84. The first-order valence-corrected chi connectivity index (χ1v) is 15.9. The van der Waals surface area contributed by atoms with Crippen LogP contribution in [-0.2, 0) is 26.3 Å². The van der Waals surface area contributed by atoms with Crippen molar-refractivity contribution in [1.29, 1.82) is 21.0 Å². The lowest BCUT2D eigenvalue weighted by atomic mass is 9.43. The number of esters is 1. The zero-order chi connectivity index (χ0) is 34.6. The number of amides is 1. The second kappa shape index (κ2) is 13.0. The quantitative estimate of drug-likeness (QED) is 0.208. The molecule has 0 saturated carbocycles. The Labute approximate surface area is 285 Å². The smallest absolute Gasteiger partial charge is 0.311 e. The lowest BCUT2D eigenvalue weighted by Gasteiger charge is -2.57. The van der Waals surface area contributed by atoms with Gasteiger partial charge in [-0.1, -0.05) is 127 Å². The van der Waals surface area contributed by atoms with Crippen LogP contribution in [0.2, 0.25) is 0 Å². The minimum absolute atomic E-state index is 0.0273. The van der Waals surface area contributed by atoms with Crippen LogP contribution in [0.5, 0.6) is 0 Å². The highest BCUT2D eigenvalue weighted by Crippen LogP contribution is 2.66. The van der Waals surface area contributed by atoms with E-state index in [0.717, 1.165) is 5.56 Å². The van der Waals surface area contributed by atoms with Gasteiger partial charge < -0.3 is 9.64 Å². The Kier molecular flexibility index (Phi) is 8.59. The van der Waals surface area contributed by atoms with Crippen LogP contribution in [-0.4, -0.2) is 23.4 Å². The minimum Gasteiger partial charge on any atom is -0.466 e. The second-order valence-corrected chi connectivity index (χ2v) is 12.2. The first kappa shape index (κ1) is 32.5. The van der Waals surface area contributed by atoms with Gasteiger partial charge in [-0.25, -0.2) is 0 Å². The van der Waals surface area contributed by atoms with Crippen LogP contribution in [0.3, 0.4) is 0 Å². The van der Waals surface area contributed by atoms with Gasteiger partial charge in [0.25, 0.3) is 0 Å². The zero-order valence-corrected chi connectivity index (χ0v) is 26.7. The summed E-state index contributed by atoms with van der Waals surface area (Å²) in [6.45, 7) is 1.61. The zero-order valence-electron chi connectivity index (χ0n) is 26.7. The Bertz CT molecular complexity index is 2000. The number of fused-ring (bicyclic) bond motifs is 1. The number of rotatable bonds is 7. The van der Waals surface area contributed by atoms with Gasteiger partial charge in [0.2, 0.25) is 5.91 Å².